The third kappa shape index (κ3) is 5.44. The molecule has 0 amide bonds. The van der Waals surface area contributed by atoms with E-state index in [1.807, 2.05) is 12.1 Å². The highest BCUT2D eigenvalue weighted by Gasteiger charge is 2.25. The van der Waals surface area contributed by atoms with Crippen LogP contribution in [-0.4, -0.2) is 12.8 Å². The summed E-state index contributed by atoms with van der Waals surface area (Å²) in [7, 11) is 0. The van der Waals surface area contributed by atoms with Gasteiger partial charge < -0.3 is 4.74 Å². The largest absolute Gasteiger partial charge is 0.493 e. The van der Waals surface area contributed by atoms with Gasteiger partial charge in [0.1, 0.15) is 23.2 Å². The Morgan fingerprint density at radius 1 is 0.879 bits per heavy atom. The summed E-state index contributed by atoms with van der Waals surface area (Å²) < 4.78 is 85.4. The lowest BCUT2D eigenvalue weighted by molar-refractivity contribution is -0.0696. The molecule has 0 aromatic heterocycles. The van der Waals surface area contributed by atoms with E-state index in [4.69, 9.17) is 4.74 Å². The molecule has 1 aliphatic rings. The van der Waals surface area contributed by atoms with Gasteiger partial charge in [-0.25, -0.2) is 13.2 Å². The second-order valence-electron chi connectivity index (χ2n) is 8.23. The molecule has 7 heteroatoms. The summed E-state index contributed by atoms with van der Waals surface area (Å²) in [6, 6.07) is 12.1. The summed E-state index contributed by atoms with van der Waals surface area (Å²) >= 11 is 0. The Kier molecular flexibility index (Phi) is 6.55. The van der Waals surface area contributed by atoms with Gasteiger partial charge in [-0.05, 0) is 78.8 Å². The van der Waals surface area contributed by atoms with Crippen molar-refractivity contribution < 1.29 is 31.1 Å². The molecule has 0 spiro atoms. The predicted octanol–water partition coefficient (Wildman–Crippen LogP) is 7.52. The van der Waals surface area contributed by atoms with Gasteiger partial charge in [-0.3, -0.25) is 0 Å². The first-order chi connectivity index (χ1) is 15.7. The van der Waals surface area contributed by atoms with Crippen molar-refractivity contribution in [2.24, 2.45) is 5.92 Å². The number of halogens is 6. The molecular formula is C26H20F6O. The first-order valence-corrected chi connectivity index (χ1v) is 10.6. The predicted molar refractivity (Wildman–Crippen MR) is 113 cm³/mol. The molecule has 33 heavy (non-hydrogen) atoms. The van der Waals surface area contributed by atoms with E-state index in [-0.39, 0.29) is 28.4 Å². The molecule has 0 saturated heterocycles. The van der Waals surface area contributed by atoms with Crippen LogP contribution < -0.4 is 4.74 Å². The van der Waals surface area contributed by atoms with E-state index in [0.717, 1.165) is 43.2 Å². The highest BCUT2D eigenvalue weighted by atomic mass is 19.4. The van der Waals surface area contributed by atoms with Crippen LogP contribution in [0.2, 0.25) is 0 Å². The highest BCUT2D eigenvalue weighted by molar-refractivity contribution is 5.86. The Hall–Kier alpha value is -3.14. The van der Waals surface area contributed by atoms with Gasteiger partial charge in [0.25, 0.3) is 0 Å². The van der Waals surface area contributed by atoms with Gasteiger partial charge in [-0.15, -0.1) is 0 Å². The molecule has 3 aromatic rings. The van der Waals surface area contributed by atoms with Gasteiger partial charge in [0.05, 0.1) is 12.2 Å². The van der Waals surface area contributed by atoms with Gasteiger partial charge in [0, 0.05) is 11.3 Å². The quantitative estimate of drug-likeness (QED) is 0.288. The van der Waals surface area contributed by atoms with Crippen LogP contribution in [-0.2, 0) is 0 Å². The van der Waals surface area contributed by atoms with Crippen LogP contribution in [0.25, 0.3) is 10.8 Å². The number of ether oxygens (including phenoxy) is 1. The normalized spacial score (nSPS) is 18.6. The Labute approximate surface area is 187 Å². The van der Waals surface area contributed by atoms with E-state index in [0.29, 0.717) is 12.4 Å². The Bertz CT molecular complexity index is 1210. The summed E-state index contributed by atoms with van der Waals surface area (Å²) in [5.41, 5.74) is -0.171. The maximum absolute atomic E-state index is 14.5. The van der Waals surface area contributed by atoms with Gasteiger partial charge >= 0.3 is 6.18 Å². The van der Waals surface area contributed by atoms with Gasteiger partial charge in [-0.1, -0.05) is 24.1 Å². The van der Waals surface area contributed by atoms with Gasteiger partial charge in [0.15, 0.2) is 0 Å². The minimum absolute atomic E-state index is 0.0411. The maximum Gasteiger partial charge on any atom is 0.458 e. The second-order valence-corrected chi connectivity index (χ2v) is 8.23. The van der Waals surface area contributed by atoms with Crippen molar-refractivity contribution in [2.45, 2.75) is 37.8 Å². The average Bonchev–Trinajstić information content (AvgIpc) is 2.77. The molecule has 0 aliphatic heterocycles. The van der Waals surface area contributed by atoms with Crippen LogP contribution in [0.5, 0.6) is 5.75 Å². The van der Waals surface area contributed by atoms with Crippen molar-refractivity contribution in [1.29, 1.82) is 0 Å². The zero-order valence-electron chi connectivity index (χ0n) is 17.5. The molecule has 1 nitrogen and oxygen atoms in total. The third-order valence-electron chi connectivity index (χ3n) is 6.01. The molecule has 172 valence electrons. The van der Waals surface area contributed by atoms with E-state index in [9.17, 15) is 26.3 Å². The number of rotatable bonds is 4. The van der Waals surface area contributed by atoms with Crippen LogP contribution in [0.3, 0.4) is 0 Å². The maximum atomic E-state index is 14.5. The van der Waals surface area contributed by atoms with E-state index in [2.05, 4.69) is 0 Å². The fourth-order valence-electron chi connectivity index (χ4n) is 4.31. The standard InChI is InChI=1S/C26H20F6O/c27-23-4-2-1-3-20(23)17-7-5-16(6-8-17)15-33-19-9-10-21-18(13-19)14-24(28)22(25(21)29)11-12-26(30,31)32/h1-4,9-10,13-14,16-17H,5-8,15H2. The van der Waals surface area contributed by atoms with Crippen molar-refractivity contribution in [3.63, 3.8) is 0 Å². The minimum atomic E-state index is -4.85. The lowest BCUT2D eigenvalue weighted by atomic mass is 9.79. The van der Waals surface area contributed by atoms with Crippen molar-refractivity contribution in [2.75, 3.05) is 6.61 Å². The number of fused-ring (bicyclic) bond motifs is 1. The average molecular weight is 462 g/mol. The van der Waals surface area contributed by atoms with Crippen molar-refractivity contribution in [1.82, 2.24) is 0 Å². The molecule has 0 bridgehead atoms. The fraction of sp³-hybridized carbons (Fsp3) is 0.308. The molecule has 3 aromatic carbocycles. The topological polar surface area (TPSA) is 9.23 Å². The second kappa shape index (κ2) is 9.38. The molecule has 1 saturated carbocycles. The van der Waals surface area contributed by atoms with Crippen LogP contribution >= 0.6 is 0 Å². The van der Waals surface area contributed by atoms with Crippen LogP contribution in [0.4, 0.5) is 26.3 Å². The summed E-state index contributed by atoms with van der Waals surface area (Å²) in [6.45, 7) is 0.412. The van der Waals surface area contributed by atoms with Crippen molar-refractivity contribution in [3.05, 3.63) is 77.1 Å². The molecule has 1 fully saturated rings. The molecule has 0 unspecified atom stereocenters. The monoisotopic (exact) mass is 462 g/mol. The fourth-order valence-corrected chi connectivity index (χ4v) is 4.31. The van der Waals surface area contributed by atoms with E-state index < -0.39 is 23.4 Å². The Balaban J connectivity index is 1.42. The van der Waals surface area contributed by atoms with E-state index in [1.54, 1.807) is 6.07 Å². The smallest absolute Gasteiger partial charge is 0.458 e. The zero-order valence-corrected chi connectivity index (χ0v) is 17.5. The number of benzene rings is 3. The lowest BCUT2D eigenvalue weighted by Gasteiger charge is -2.29. The Morgan fingerprint density at radius 2 is 1.61 bits per heavy atom. The Morgan fingerprint density at radius 3 is 2.30 bits per heavy atom. The number of hydrogen-bond donors (Lipinski definition) is 0. The molecule has 0 radical (unpaired) electrons. The van der Waals surface area contributed by atoms with Crippen LogP contribution in [0, 0.1) is 35.2 Å². The van der Waals surface area contributed by atoms with E-state index in [1.165, 1.54) is 30.2 Å². The van der Waals surface area contributed by atoms with Gasteiger partial charge in [-0.2, -0.15) is 13.2 Å². The molecular weight excluding hydrogens is 442 g/mol. The SMILES string of the molecule is Fc1ccccc1C1CCC(COc2ccc3c(F)c(C#CC(F)(F)F)c(F)cc3c2)CC1. The molecule has 1 aliphatic carbocycles. The summed E-state index contributed by atoms with van der Waals surface area (Å²) in [5, 5.41) is 0.129. The highest BCUT2D eigenvalue weighted by Crippen LogP contribution is 2.37. The zero-order chi connectivity index (χ0) is 23.6. The lowest BCUT2D eigenvalue weighted by Crippen LogP contribution is -2.19. The van der Waals surface area contributed by atoms with Crippen LogP contribution in [0.15, 0.2) is 48.5 Å². The van der Waals surface area contributed by atoms with Gasteiger partial charge in [0.2, 0.25) is 0 Å². The molecule has 4 rings (SSSR count). The minimum Gasteiger partial charge on any atom is -0.493 e. The first kappa shape index (κ1) is 23.0. The first-order valence-electron chi connectivity index (χ1n) is 10.6. The summed E-state index contributed by atoms with van der Waals surface area (Å²) in [4.78, 5) is 0. The summed E-state index contributed by atoms with van der Waals surface area (Å²) in [5.74, 6) is 0.811. The molecule has 0 heterocycles. The van der Waals surface area contributed by atoms with Crippen LogP contribution in [0.1, 0.15) is 42.7 Å². The summed E-state index contributed by atoms with van der Waals surface area (Å²) in [6.07, 6.45) is -1.40. The third-order valence-corrected chi connectivity index (χ3v) is 6.01. The van der Waals surface area contributed by atoms with E-state index >= 15 is 0 Å². The molecule has 0 N–H and O–H groups in total. The number of alkyl halides is 3. The van der Waals surface area contributed by atoms with Crippen molar-refractivity contribution in [3.8, 4) is 17.6 Å². The molecule has 0 atom stereocenters. The van der Waals surface area contributed by atoms with Crippen molar-refractivity contribution >= 4 is 10.8 Å². The number of hydrogen-bond acceptors (Lipinski definition) is 1.